The summed E-state index contributed by atoms with van der Waals surface area (Å²) in [7, 11) is 0. The van der Waals surface area contributed by atoms with Gasteiger partial charge in [0.15, 0.2) is 0 Å². The van der Waals surface area contributed by atoms with Crippen LogP contribution in [0.25, 0.3) is 0 Å². The lowest BCUT2D eigenvalue weighted by atomic mass is 9.83. The third-order valence-corrected chi connectivity index (χ3v) is 4.16. The van der Waals surface area contributed by atoms with Gasteiger partial charge in [-0.25, -0.2) is 4.79 Å². The van der Waals surface area contributed by atoms with E-state index in [2.05, 4.69) is 0 Å². The van der Waals surface area contributed by atoms with E-state index >= 15 is 0 Å². The first-order valence-electron chi connectivity index (χ1n) is 6.24. The summed E-state index contributed by atoms with van der Waals surface area (Å²) in [6, 6.07) is 0. The van der Waals surface area contributed by atoms with Gasteiger partial charge in [-0.1, -0.05) is 0 Å². The summed E-state index contributed by atoms with van der Waals surface area (Å²) in [4.78, 5) is 11.3. The molecule has 0 saturated heterocycles. The lowest BCUT2D eigenvalue weighted by molar-refractivity contribution is -0.178. The van der Waals surface area contributed by atoms with Crippen molar-refractivity contribution in [2.24, 2.45) is 0 Å². The zero-order valence-electron chi connectivity index (χ0n) is 11.8. The first-order chi connectivity index (χ1) is 9.12. The summed E-state index contributed by atoms with van der Waals surface area (Å²) in [5, 5.41) is 39.6. The number of carbonyl (C=O) groups is 1. The number of hydrogen-bond donors (Lipinski definition) is 4. The van der Waals surface area contributed by atoms with Crippen LogP contribution in [0.5, 0.6) is 11.5 Å². The van der Waals surface area contributed by atoms with Crippen LogP contribution in [0.2, 0.25) is 0 Å². The molecule has 0 saturated carbocycles. The molecule has 0 aliphatic carbocycles. The van der Waals surface area contributed by atoms with Gasteiger partial charge in [0, 0.05) is 11.1 Å². The van der Waals surface area contributed by atoms with E-state index in [4.69, 9.17) is 4.74 Å². The number of aliphatic carboxylic acids is 1. The Bertz CT molecular complexity index is 594. The van der Waals surface area contributed by atoms with Gasteiger partial charge in [-0.15, -0.1) is 0 Å². The SMILES string of the molecule is Cc1c(C)c2c(c(C)c1O)[C@@H](O)[C@@H](O)[C@@](C)(C(=O)O)O2. The summed E-state index contributed by atoms with van der Waals surface area (Å²) < 4.78 is 5.49. The first-order valence-corrected chi connectivity index (χ1v) is 6.24. The van der Waals surface area contributed by atoms with Crippen LogP contribution >= 0.6 is 0 Å². The monoisotopic (exact) mass is 282 g/mol. The van der Waals surface area contributed by atoms with Gasteiger partial charge in [-0.3, -0.25) is 0 Å². The largest absolute Gasteiger partial charge is 0.507 e. The van der Waals surface area contributed by atoms with Crippen LogP contribution in [0.15, 0.2) is 0 Å². The smallest absolute Gasteiger partial charge is 0.350 e. The van der Waals surface area contributed by atoms with E-state index in [9.17, 15) is 25.2 Å². The molecule has 20 heavy (non-hydrogen) atoms. The fraction of sp³-hybridized carbons (Fsp3) is 0.500. The van der Waals surface area contributed by atoms with Crippen LogP contribution in [0.3, 0.4) is 0 Å². The highest BCUT2D eigenvalue weighted by atomic mass is 16.5. The van der Waals surface area contributed by atoms with E-state index in [0.29, 0.717) is 16.7 Å². The number of carboxylic acid groups (broad SMARTS) is 1. The first kappa shape index (κ1) is 14.6. The number of ether oxygens (including phenoxy) is 1. The van der Waals surface area contributed by atoms with Crippen molar-refractivity contribution in [3.63, 3.8) is 0 Å². The summed E-state index contributed by atoms with van der Waals surface area (Å²) >= 11 is 0. The number of aliphatic hydroxyl groups is 2. The molecular formula is C14H18O6. The van der Waals surface area contributed by atoms with Crippen molar-refractivity contribution in [2.45, 2.75) is 45.5 Å². The van der Waals surface area contributed by atoms with Crippen molar-refractivity contribution in [3.8, 4) is 11.5 Å². The van der Waals surface area contributed by atoms with Gasteiger partial charge in [-0.2, -0.15) is 0 Å². The second-order valence-electron chi connectivity index (χ2n) is 5.37. The van der Waals surface area contributed by atoms with E-state index in [0.717, 1.165) is 0 Å². The van der Waals surface area contributed by atoms with E-state index in [1.54, 1.807) is 20.8 Å². The predicted octanol–water partition coefficient (Wildman–Crippen LogP) is 0.947. The second-order valence-corrected chi connectivity index (χ2v) is 5.37. The average Bonchev–Trinajstić information content (AvgIpc) is 2.39. The maximum Gasteiger partial charge on any atom is 0.350 e. The van der Waals surface area contributed by atoms with Crippen LogP contribution in [0.4, 0.5) is 0 Å². The average molecular weight is 282 g/mol. The summed E-state index contributed by atoms with van der Waals surface area (Å²) in [6.45, 7) is 6.14. The Morgan fingerprint density at radius 1 is 1.15 bits per heavy atom. The summed E-state index contributed by atoms with van der Waals surface area (Å²) in [6.07, 6.45) is -3.07. The number of phenolic OH excluding ortho intramolecular Hbond substituents is 1. The van der Waals surface area contributed by atoms with E-state index in [1.807, 2.05) is 0 Å². The molecule has 110 valence electrons. The van der Waals surface area contributed by atoms with Gasteiger partial charge in [0.25, 0.3) is 0 Å². The fourth-order valence-corrected chi connectivity index (χ4v) is 2.52. The molecule has 2 rings (SSSR count). The van der Waals surface area contributed by atoms with E-state index < -0.39 is 23.8 Å². The van der Waals surface area contributed by atoms with Crippen molar-refractivity contribution in [1.82, 2.24) is 0 Å². The van der Waals surface area contributed by atoms with Crippen LogP contribution < -0.4 is 4.74 Å². The normalized spacial score (nSPS) is 28.7. The number of hydrogen-bond acceptors (Lipinski definition) is 5. The van der Waals surface area contributed by atoms with Gasteiger partial charge in [0.1, 0.15) is 23.7 Å². The molecule has 6 heteroatoms. The van der Waals surface area contributed by atoms with Crippen LogP contribution in [0.1, 0.15) is 35.3 Å². The molecule has 1 heterocycles. The topological polar surface area (TPSA) is 107 Å². The number of rotatable bonds is 1. The molecule has 0 spiro atoms. The van der Waals surface area contributed by atoms with Gasteiger partial charge in [-0.05, 0) is 38.8 Å². The lowest BCUT2D eigenvalue weighted by Crippen LogP contribution is -2.57. The Morgan fingerprint density at radius 2 is 1.70 bits per heavy atom. The summed E-state index contributed by atoms with van der Waals surface area (Å²) in [5.74, 6) is -1.15. The Kier molecular flexibility index (Phi) is 3.19. The van der Waals surface area contributed by atoms with Gasteiger partial charge >= 0.3 is 5.97 Å². The Morgan fingerprint density at radius 3 is 2.20 bits per heavy atom. The molecule has 0 unspecified atom stereocenters. The van der Waals surface area contributed by atoms with Gasteiger partial charge in [0.2, 0.25) is 5.60 Å². The molecule has 4 N–H and O–H groups in total. The maximum absolute atomic E-state index is 11.3. The Hall–Kier alpha value is -1.79. The number of carboxylic acids is 1. The molecule has 6 nitrogen and oxygen atoms in total. The second kappa shape index (κ2) is 4.36. The molecule has 0 radical (unpaired) electrons. The molecule has 1 aromatic rings. The van der Waals surface area contributed by atoms with Crippen LogP contribution in [-0.4, -0.2) is 38.1 Å². The highest BCUT2D eigenvalue weighted by Crippen LogP contribution is 2.47. The number of phenols is 1. The van der Waals surface area contributed by atoms with Crippen molar-refractivity contribution in [2.75, 3.05) is 0 Å². The zero-order chi connectivity index (χ0) is 15.4. The molecule has 0 fully saturated rings. The number of fused-ring (bicyclic) bond motifs is 1. The van der Waals surface area contributed by atoms with Crippen molar-refractivity contribution >= 4 is 5.97 Å². The number of aliphatic hydroxyl groups excluding tert-OH is 2. The fourth-order valence-electron chi connectivity index (χ4n) is 2.52. The molecule has 1 aliphatic rings. The van der Waals surface area contributed by atoms with Gasteiger partial charge in [0.05, 0.1) is 0 Å². The highest BCUT2D eigenvalue weighted by Gasteiger charge is 2.52. The number of aromatic hydroxyl groups is 1. The quantitative estimate of drug-likeness (QED) is 0.611. The van der Waals surface area contributed by atoms with Crippen LogP contribution in [0, 0.1) is 20.8 Å². The standard InChI is InChI=1S/C14H18O6/c1-5-6(2)11-8(7(3)9(5)15)10(16)12(17)14(4,20-11)13(18)19/h10,12,15-17H,1-4H3,(H,18,19)/t10-,12-,14+/m1/s1. The van der Waals surface area contributed by atoms with E-state index in [-0.39, 0.29) is 17.1 Å². The van der Waals surface area contributed by atoms with E-state index in [1.165, 1.54) is 6.92 Å². The molecule has 0 aromatic heterocycles. The van der Waals surface area contributed by atoms with Crippen molar-refractivity contribution in [3.05, 3.63) is 22.3 Å². The van der Waals surface area contributed by atoms with Crippen molar-refractivity contribution < 1.29 is 30.0 Å². The highest BCUT2D eigenvalue weighted by molar-refractivity contribution is 5.80. The minimum Gasteiger partial charge on any atom is -0.507 e. The Balaban J connectivity index is 2.76. The summed E-state index contributed by atoms with van der Waals surface area (Å²) in [5.41, 5.74) is -0.231. The molecular weight excluding hydrogens is 264 g/mol. The predicted molar refractivity (Wildman–Crippen MR) is 70.0 cm³/mol. The molecule has 0 amide bonds. The molecule has 1 aromatic carbocycles. The maximum atomic E-state index is 11.3. The van der Waals surface area contributed by atoms with Crippen molar-refractivity contribution in [1.29, 1.82) is 0 Å². The molecule has 1 aliphatic heterocycles. The minimum absolute atomic E-state index is 0.00929. The minimum atomic E-state index is -1.94. The third kappa shape index (κ3) is 1.68. The molecule has 3 atom stereocenters. The zero-order valence-corrected chi connectivity index (χ0v) is 11.8. The molecule has 0 bridgehead atoms. The van der Waals surface area contributed by atoms with Crippen LogP contribution in [-0.2, 0) is 4.79 Å². The Labute approximate surface area is 116 Å². The third-order valence-electron chi connectivity index (χ3n) is 4.16. The van der Waals surface area contributed by atoms with Gasteiger partial charge < -0.3 is 25.2 Å². The lowest BCUT2D eigenvalue weighted by Gasteiger charge is -2.41. The number of benzene rings is 1.